The van der Waals surface area contributed by atoms with Crippen LogP contribution >= 0.6 is 0 Å². The lowest BCUT2D eigenvalue weighted by Crippen LogP contribution is -2.59. The minimum absolute atomic E-state index is 0.0194. The van der Waals surface area contributed by atoms with E-state index in [9.17, 15) is 24.3 Å². The molecule has 4 fully saturated rings. The van der Waals surface area contributed by atoms with Crippen molar-refractivity contribution in [3.8, 4) is 5.75 Å². The summed E-state index contributed by atoms with van der Waals surface area (Å²) in [6, 6.07) is 15.2. The van der Waals surface area contributed by atoms with E-state index in [1.807, 2.05) is 35.0 Å². The van der Waals surface area contributed by atoms with E-state index in [-0.39, 0.29) is 41.5 Å². The van der Waals surface area contributed by atoms with Crippen molar-refractivity contribution in [3.63, 3.8) is 0 Å². The fourth-order valence-electron chi connectivity index (χ4n) is 9.77. The van der Waals surface area contributed by atoms with Gasteiger partial charge in [0.25, 0.3) is 5.91 Å². The first-order valence-corrected chi connectivity index (χ1v) is 22.2. The standard InChI is InChI=1S/C47H67N7O6/c1-50-45(58)40(12-8-30-55)36-16-14-34(15-17-36)35-18-24-52(25-19-35)33-44(57)54-26-20-37(21-27-54)51(2)46(59)47(60-39-9-4-3-5-10-39)22-28-53(29-23-47)38(32-48)31-42(49)41-11-6-7-13-43(41)56/h6-7,11,13-17,30-32,35,37,39-40,56H,3-5,8-10,12,18-29,33,48-49H2,1-2H3,(H,50,58)/b38-32+,42-31-. The summed E-state index contributed by atoms with van der Waals surface area (Å²) in [7, 11) is 3.54. The first-order chi connectivity index (χ1) is 29.0. The molecule has 3 aliphatic heterocycles. The number of para-hydroxylation sites is 1. The van der Waals surface area contributed by atoms with E-state index in [4.69, 9.17) is 16.2 Å². The molecule has 1 unspecified atom stereocenters. The Bertz CT molecular complexity index is 1820. The number of phenolic OH excluding ortho intramolecular Hbond substituents is 1. The Morgan fingerprint density at radius 1 is 0.917 bits per heavy atom. The zero-order valence-corrected chi connectivity index (χ0v) is 35.7. The number of hydrogen-bond donors (Lipinski definition) is 4. The van der Waals surface area contributed by atoms with Crippen LogP contribution in [0.1, 0.15) is 112 Å². The van der Waals surface area contributed by atoms with E-state index in [0.717, 1.165) is 82.0 Å². The maximum absolute atomic E-state index is 14.6. The predicted octanol–water partition coefficient (Wildman–Crippen LogP) is 4.81. The van der Waals surface area contributed by atoms with Gasteiger partial charge in [0.05, 0.1) is 24.3 Å². The topological polar surface area (TPSA) is 175 Å². The van der Waals surface area contributed by atoms with Crippen LogP contribution in [0.25, 0.3) is 5.70 Å². The van der Waals surface area contributed by atoms with E-state index in [1.54, 1.807) is 31.3 Å². The Hall–Kier alpha value is -4.88. The van der Waals surface area contributed by atoms with Crippen molar-refractivity contribution in [2.24, 2.45) is 11.5 Å². The number of likely N-dealkylation sites (N-methyl/N-ethyl adjacent to an activating group) is 2. The van der Waals surface area contributed by atoms with Crippen LogP contribution in [0, 0.1) is 0 Å². The van der Waals surface area contributed by atoms with Crippen LogP contribution in [0.4, 0.5) is 0 Å². The summed E-state index contributed by atoms with van der Waals surface area (Å²) < 4.78 is 6.90. The van der Waals surface area contributed by atoms with Crippen LogP contribution in [-0.2, 0) is 23.9 Å². The van der Waals surface area contributed by atoms with Gasteiger partial charge in [0.2, 0.25) is 11.8 Å². The van der Waals surface area contributed by atoms with E-state index < -0.39 is 5.60 Å². The van der Waals surface area contributed by atoms with Gasteiger partial charge in [-0.25, -0.2) is 0 Å². The molecule has 0 bridgehead atoms. The third kappa shape index (κ3) is 10.9. The largest absolute Gasteiger partial charge is 0.507 e. The second kappa shape index (κ2) is 21.1. The van der Waals surface area contributed by atoms with Crippen molar-refractivity contribution in [2.45, 2.75) is 113 Å². The number of amides is 3. The maximum atomic E-state index is 14.6. The molecule has 1 aliphatic carbocycles. The Labute approximate surface area is 356 Å². The van der Waals surface area contributed by atoms with Crippen molar-refractivity contribution in [1.29, 1.82) is 0 Å². The van der Waals surface area contributed by atoms with E-state index in [0.29, 0.717) is 75.6 Å². The molecule has 3 amide bonds. The number of hydrogen-bond acceptors (Lipinski definition) is 10. The van der Waals surface area contributed by atoms with Crippen molar-refractivity contribution in [3.05, 3.63) is 83.2 Å². The molecule has 326 valence electrons. The monoisotopic (exact) mass is 826 g/mol. The van der Waals surface area contributed by atoms with E-state index in [1.165, 1.54) is 18.2 Å². The fraction of sp³-hybridized carbons (Fsp3) is 0.574. The molecule has 6 N–H and O–H groups in total. The van der Waals surface area contributed by atoms with E-state index >= 15 is 0 Å². The average Bonchev–Trinajstić information content (AvgIpc) is 3.29. The summed E-state index contributed by atoms with van der Waals surface area (Å²) in [5.74, 6) is 0.254. The highest BCUT2D eigenvalue weighted by atomic mass is 16.5. The third-order valence-corrected chi connectivity index (χ3v) is 13.5. The highest BCUT2D eigenvalue weighted by Crippen LogP contribution is 2.37. The van der Waals surface area contributed by atoms with Crippen molar-refractivity contribution >= 4 is 29.7 Å². The van der Waals surface area contributed by atoms with Crippen LogP contribution in [0.15, 0.2) is 66.5 Å². The zero-order chi connectivity index (χ0) is 42.6. The smallest absolute Gasteiger partial charge is 0.254 e. The SMILES string of the molecule is CNC(=O)C(CCC=O)c1ccc(C2CCN(CC(=O)N3CCC(N(C)C(=O)C4(OC5CCCCC5)CCN(C(/C=C(\N)c5ccccc5O)=C/N)CC4)CC3)CC2)cc1. The number of nitrogens with zero attached hydrogens (tertiary/aromatic N) is 4. The van der Waals surface area contributed by atoms with Gasteiger partial charge >= 0.3 is 0 Å². The lowest BCUT2D eigenvalue weighted by molar-refractivity contribution is -0.179. The van der Waals surface area contributed by atoms with Gasteiger partial charge in [-0.15, -0.1) is 0 Å². The number of likely N-dealkylation sites (tertiary alicyclic amines) is 3. The van der Waals surface area contributed by atoms with Gasteiger partial charge in [-0.1, -0.05) is 55.7 Å². The molecule has 0 radical (unpaired) electrons. The molecule has 0 aromatic heterocycles. The molecule has 60 heavy (non-hydrogen) atoms. The van der Waals surface area contributed by atoms with E-state index in [2.05, 4.69) is 27.2 Å². The van der Waals surface area contributed by atoms with Crippen LogP contribution < -0.4 is 16.8 Å². The van der Waals surface area contributed by atoms with Crippen LogP contribution in [0.5, 0.6) is 5.75 Å². The molecular weight excluding hydrogens is 759 g/mol. The molecule has 2 aromatic carbocycles. The van der Waals surface area contributed by atoms with Crippen molar-refractivity contribution in [1.82, 2.24) is 24.9 Å². The quantitative estimate of drug-likeness (QED) is 0.144. The Morgan fingerprint density at radius 2 is 1.58 bits per heavy atom. The molecule has 1 saturated carbocycles. The Morgan fingerprint density at radius 3 is 2.20 bits per heavy atom. The van der Waals surface area contributed by atoms with Crippen molar-refractivity contribution in [2.75, 3.05) is 59.9 Å². The maximum Gasteiger partial charge on any atom is 0.254 e. The van der Waals surface area contributed by atoms with Gasteiger partial charge in [0, 0.05) is 83.0 Å². The summed E-state index contributed by atoms with van der Waals surface area (Å²) in [5, 5.41) is 13.1. The lowest BCUT2D eigenvalue weighted by atomic mass is 9.86. The fourth-order valence-corrected chi connectivity index (χ4v) is 9.77. The summed E-state index contributed by atoms with van der Waals surface area (Å²) in [5.41, 5.74) is 15.4. The molecular formula is C47H67N7O6. The molecule has 1 atom stereocenters. The second-order valence-electron chi connectivity index (χ2n) is 17.2. The third-order valence-electron chi connectivity index (χ3n) is 13.5. The molecule has 13 heteroatoms. The Kier molecular flexibility index (Phi) is 15.7. The van der Waals surface area contributed by atoms with Gasteiger partial charge in [0.1, 0.15) is 12.0 Å². The van der Waals surface area contributed by atoms with Gasteiger partial charge in [-0.3, -0.25) is 19.3 Å². The number of aldehydes is 1. The first-order valence-electron chi connectivity index (χ1n) is 22.2. The Balaban J connectivity index is 1.00. The number of rotatable bonds is 15. The molecule has 6 rings (SSSR count). The molecule has 3 heterocycles. The van der Waals surface area contributed by atoms with Crippen molar-refractivity contribution < 1.29 is 29.0 Å². The number of carbonyl (C=O) groups is 4. The molecule has 0 spiro atoms. The minimum atomic E-state index is -0.938. The number of benzene rings is 2. The zero-order valence-electron chi connectivity index (χ0n) is 35.7. The lowest BCUT2D eigenvalue weighted by Gasteiger charge is -2.47. The van der Waals surface area contributed by atoms with Crippen LogP contribution in [0.2, 0.25) is 0 Å². The summed E-state index contributed by atoms with van der Waals surface area (Å²) >= 11 is 0. The van der Waals surface area contributed by atoms with Gasteiger partial charge < -0.3 is 46.1 Å². The summed E-state index contributed by atoms with van der Waals surface area (Å²) in [6.45, 7) is 4.46. The highest BCUT2D eigenvalue weighted by Gasteiger charge is 2.47. The number of phenols is 1. The number of nitrogens with two attached hydrogens (primary N) is 2. The second-order valence-corrected chi connectivity index (χ2v) is 17.2. The minimum Gasteiger partial charge on any atom is -0.507 e. The molecule has 2 aromatic rings. The normalized spacial score (nSPS) is 20.7. The number of carbonyl (C=O) groups excluding carboxylic acids is 4. The average molecular weight is 826 g/mol. The van der Waals surface area contributed by atoms with Crippen LogP contribution in [0.3, 0.4) is 0 Å². The van der Waals surface area contributed by atoms with Gasteiger partial charge in [-0.2, -0.15) is 0 Å². The highest BCUT2D eigenvalue weighted by molar-refractivity contribution is 5.86. The summed E-state index contributed by atoms with van der Waals surface area (Å²) in [6.07, 6.45) is 14.8. The number of allylic oxidation sites excluding steroid dienone is 1. The number of ether oxygens (including phenoxy) is 1. The predicted molar refractivity (Wildman–Crippen MR) is 233 cm³/mol. The summed E-state index contributed by atoms with van der Waals surface area (Å²) in [4.78, 5) is 59.9. The first kappa shape index (κ1) is 44.7. The van der Waals surface area contributed by atoms with Gasteiger partial charge in [-0.05, 0) is 93.3 Å². The number of piperidine rings is 3. The molecule has 4 aliphatic rings. The number of nitrogens with one attached hydrogen (secondary N) is 1. The van der Waals surface area contributed by atoms with Crippen LogP contribution in [-0.4, -0.2) is 126 Å². The molecule has 13 nitrogen and oxygen atoms in total. The molecule has 3 saturated heterocycles. The number of aromatic hydroxyl groups is 1. The van der Waals surface area contributed by atoms with Gasteiger partial charge in [0.15, 0.2) is 5.60 Å².